The van der Waals surface area contributed by atoms with Gasteiger partial charge in [0.15, 0.2) is 0 Å². The number of halogens is 1. The van der Waals surface area contributed by atoms with E-state index in [9.17, 15) is 9.90 Å². The molecule has 0 bridgehead atoms. The number of aryl methyl sites for hydroxylation is 1. The molecule has 0 heterocycles. The van der Waals surface area contributed by atoms with Crippen molar-refractivity contribution in [3.63, 3.8) is 0 Å². The first-order valence-electron chi connectivity index (χ1n) is 5.95. The minimum absolute atomic E-state index is 0.101. The fourth-order valence-electron chi connectivity index (χ4n) is 1.56. The molecule has 0 aliphatic heterocycles. The van der Waals surface area contributed by atoms with Gasteiger partial charge in [0, 0.05) is 16.1 Å². The number of nitrogens with zero attached hydrogens (tertiary/aromatic N) is 1. The molecular weight excluding hydrogens is 276 g/mol. The Hall–Kier alpha value is -2.33. The Kier molecular flexibility index (Phi) is 4.38. The molecule has 102 valence electrons. The molecule has 2 aromatic rings. The largest absolute Gasteiger partial charge is 0.507 e. The summed E-state index contributed by atoms with van der Waals surface area (Å²) in [7, 11) is 0. The first-order valence-corrected chi connectivity index (χ1v) is 6.33. The third kappa shape index (κ3) is 3.36. The second-order valence-corrected chi connectivity index (χ2v) is 4.63. The standard InChI is InChI=1S/C15H13ClN2O2/c1-10-6-7-11(8-13(10)16)15(20)18-17-9-12-4-2-3-5-14(12)19/h2-9,19H,1H3,(H,18,20)/b17-9+. The van der Waals surface area contributed by atoms with E-state index in [2.05, 4.69) is 10.5 Å². The molecule has 20 heavy (non-hydrogen) atoms. The van der Waals surface area contributed by atoms with Crippen LogP contribution in [0.3, 0.4) is 0 Å². The van der Waals surface area contributed by atoms with Gasteiger partial charge in [0.2, 0.25) is 0 Å². The molecule has 0 saturated heterocycles. The van der Waals surface area contributed by atoms with E-state index >= 15 is 0 Å². The topological polar surface area (TPSA) is 61.7 Å². The van der Waals surface area contributed by atoms with Gasteiger partial charge in [0.05, 0.1) is 6.21 Å². The van der Waals surface area contributed by atoms with Crippen molar-refractivity contribution in [3.8, 4) is 5.75 Å². The van der Waals surface area contributed by atoms with Crippen molar-refractivity contribution in [2.75, 3.05) is 0 Å². The van der Waals surface area contributed by atoms with E-state index in [1.54, 1.807) is 42.5 Å². The Morgan fingerprint density at radius 3 is 2.75 bits per heavy atom. The van der Waals surface area contributed by atoms with Gasteiger partial charge >= 0.3 is 0 Å². The molecule has 0 atom stereocenters. The summed E-state index contributed by atoms with van der Waals surface area (Å²) in [6.45, 7) is 1.86. The van der Waals surface area contributed by atoms with Crippen LogP contribution in [0.1, 0.15) is 21.5 Å². The average molecular weight is 289 g/mol. The molecule has 0 fully saturated rings. The number of aromatic hydroxyl groups is 1. The van der Waals surface area contributed by atoms with E-state index in [1.165, 1.54) is 6.21 Å². The Morgan fingerprint density at radius 1 is 1.30 bits per heavy atom. The molecule has 1 amide bonds. The van der Waals surface area contributed by atoms with E-state index < -0.39 is 0 Å². The SMILES string of the molecule is Cc1ccc(C(=O)N/N=C/c2ccccc2O)cc1Cl. The number of carbonyl (C=O) groups excluding carboxylic acids is 1. The highest BCUT2D eigenvalue weighted by molar-refractivity contribution is 6.31. The molecule has 2 aromatic carbocycles. The van der Waals surface area contributed by atoms with Gasteiger partial charge in [0.25, 0.3) is 5.91 Å². The third-order valence-corrected chi connectivity index (χ3v) is 3.15. The van der Waals surface area contributed by atoms with Crippen LogP contribution in [0, 0.1) is 6.92 Å². The molecule has 2 N–H and O–H groups in total. The number of carbonyl (C=O) groups is 1. The van der Waals surface area contributed by atoms with E-state index in [4.69, 9.17) is 11.6 Å². The second-order valence-electron chi connectivity index (χ2n) is 4.22. The summed E-state index contributed by atoms with van der Waals surface area (Å²) in [5, 5.41) is 13.9. The highest BCUT2D eigenvalue weighted by Gasteiger charge is 2.06. The lowest BCUT2D eigenvalue weighted by atomic mass is 10.1. The van der Waals surface area contributed by atoms with Crippen molar-refractivity contribution in [2.24, 2.45) is 5.10 Å². The van der Waals surface area contributed by atoms with Crippen molar-refractivity contribution in [2.45, 2.75) is 6.92 Å². The van der Waals surface area contributed by atoms with Gasteiger partial charge in [-0.15, -0.1) is 0 Å². The minimum Gasteiger partial charge on any atom is -0.507 e. The van der Waals surface area contributed by atoms with Crippen LogP contribution in [0.2, 0.25) is 5.02 Å². The molecule has 0 radical (unpaired) electrons. The lowest BCUT2D eigenvalue weighted by Gasteiger charge is -2.02. The molecule has 5 heteroatoms. The number of hydrogen-bond acceptors (Lipinski definition) is 3. The summed E-state index contributed by atoms with van der Waals surface area (Å²) < 4.78 is 0. The number of phenols is 1. The van der Waals surface area contributed by atoms with Crippen molar-refractivity contribution in [3.05, 3.63) is 64.2 Å². The van der Waals surface area contributed by atoms with Gasteiger partial charge in [-0.25, -0.2) is 5.43 Å². The van der Waals surface area contributed by atoms with Gasteiger partial charge < -0.3 is 5.11 Å². The minimum atomic E-state index is -0.362. The number of rotatable bonds is 3. The zero-order chi connectivity index (χ0) is 14.5. The summed E-state index contributed by atoms with van der Waals surface area (Å²) in [6, 6.07) is 11.7. The Bertz CT molecular complexity index is 669. The quantitative estimate of drug-likeness (QED) is 0.673. The summed E-state index contributed by atoms with van der Waals surface area (Å²) in [4.78, 5) is 11.8. The van der Waals surface area contributed by atoms with Crippen LogP contribution in [0.4, 0.5) is 0 Å². The number of amides is 1. The zero-order valence-corrected chi connectivity index (χ0v) is 11.6. The highest BCUT2D eigenvalue weighted by atomic mass is 35.5. The normalized spacial score (nSPS) is 10.7. The summed E-state index contributed by atoms with van der Waals surface area (Å²) >= 11 is 5.96. The summed E-state index contributed by atoms with van der Waals surface area (Å²) in [5.74, 6) is -0.262. The van der Waals surface area contributed by atoms with Gasteiger partial charge in [0.1, 0.15) is 5.75 Å². The molecule has 0 unspecified atom stereocenters. The van der Waals surface area contributed by atoms with Gasteiger partial charge in [-0.1, -0.05) is 29.8 Å². The molecule has 4 nitrogen and oxygen atoms in total. The van der Waals surface area contributed by atoms with Crippen LogP contribution in [0.15, 0.2) is 47.6 Å². The monoisotopic (exact) mass is 288 g/mol. The zero-order valence-electron chi connectivity index (χ0n) is 10.8. The lowest BCUT2D eigenvalue weighted by Crippen LogP contribution is -2.17. The molecule has 0 spiro atoms. The van der Waals surface area contributed by atoms with Crippen molar-refractivity contribution >= 4 is 23.7 Å². The molecular formula is C15H13ClN2O2. The lowest BCUT2D eigenvalue weighted by molar-refractivity contribution is 0.0955. The number of hydrogen-bond donors (Lipinski definition) is 2. The third-order valence-electron chi connectivity index (χ3n) is 2.74. The second kappa shape index (κ2) is 6.21. The molecule has 0 aliphatic carbocycles. The van der Waals surface area contributed by atoms with Gasteiger partial charge in [-0.3, -0.25) is 4.79 Å². The van der Waals surface area contributed by atoms with Crippen LogP contribution < -0.4 is 5.43 Å². The maximum Gasteiger partial charge on any atom is 0.271 e. The number of hydrazone groups is 1. The molecule has 0 saturated carbocycles. The summed E-state index contributed by atoms with van der Waals surface area (Å²) in [6.07, 6.45) is 1.38. The number of benzene rings is 2. The highest BCUT2D eigenvalue weighted by Crippen LogP contribution is 2.16. The van der Waals surface area contributed by atoms with Crippen LogP contribution in [-0.2, 0) is 0 Å². The van der Waals surface area contributed by atoms with E-state index in [0.717, 1.165) is 5.56 Å². The predicted molar refractivity (Wildman–Crippen MR) is 79.4 cm³/mol. The molecule has 0 aliphatic rings. The van der Waals surface area contributed by atoms with Crippen LogP contribution in [0.5, 0.6) is 5.75 Å². The Morgan fingerprint density at radius 2 is 2.05 bits per heavy atom. The van der Waals surface area contributed by atoms with Gasteiger partial charge in [-0.05, 0) is 36.8 Å². The van der Waals surface area contributed by atoms with E-state index in [1.807, 2.05) is 6.92 Å². The van der Waals surface area contributed by atoms with Crippen molar-refractivity contribution in [1.82, 2.24) is 5.43 Å². The maximum atomic E-state index is 11.8. The van der Waals surface area contributed by atoms with E-state index in [0.29, 0.717) is 16.1 Å². The first-order chi connectivity index (χ1) is 9.58. The fraction of sp³-hybridized carbons (Fsp3) is 0.0667. The summed E-state index contributed by atoms with van der Waals surface area (Å²) in [5.41, 5.74) is 4.23. The van der Waals surface area contributed by atoms with Crippen molar-refractivity contribution < 1.29 is 9.90 Å². The molecule has 2 rings (SSSR count). The fourth-order valence-corrected chi connectivity index (χ4v) is 1.74. The predicted octanol–water partition coefficient (Wildman–Crippen LogP) is 3.12. The first kappa shape index (κ1) is 14.1. The Balaban J connectivity index is 2.05. The van der Waals surface area contributed by atoms with Gasteiger partial charge in [-0.2, -0.15) is 5.10 Å². The number of para-hydroxylation sites is 1. The maximum absolute atomic E-state index is 11.8. The van der Waals surface area contributed by atoms with Crippen LogP contribution in [-0.4, -0.2) is 17.2 Å². The van der Waals surface area contributed by atoms with Crippen LogP contribution >= 0.6 is 11.6 Å². The number of nitrogens with one attached hydrogen (secondary N) is 1. The van der Waals surface area contributed by atoms with E-state index in [-0.39, 0.29) is 11.7 Å². The molecule has 0 aromatic heterocycles. The van der Waals surface area contributed by atoms with Crippen molar-refractivity contribution in [1.29, 1.82) is 0 Å². The smallest absolute Gasteiger partial charge is 0.271 e. The number of phenolic OH excluding ortho intramolecular Hbond substituents is 1. The van der Waals surface area contributed by atoms with Crippen LogP contribution in [0.25, 0.3) is 0 Å². The average Bonchev–Trinajstić information content (AvgIpc) is 2.44. The Labute approximate surface area is 121 Å².